The Hall–Kier alpha value is -1.50. The van der Waals surface area contributed by atoms with Crippen LogP contribution in [-0.4, -0.2) is 16.1 Å². The highest BCUT2D eigenvalue weighted by molar-refractivity contribution is 6.45. The molecule has 2 aromatic rings. The minimum Gasteiger partial charge on any atom is -0.481 e. The van der Waals surface area contributed by atoms with Gasteiger partial charge in [-0.1, -0.05) is 34.8 Å². The number of carboxylic acid groups (broad SMARTS) is 1. The fraction of sp³-hybridized carbons (Fsp3) is 0.143. The first-order valence-electron chi connectivity index (χ1n) is 6.03. The van der Waals surface area contributed by atoms with Crippen molar-refractivity contribution in [3.63, 3.8) is 0 Å². The summed E-state index contributed by atoms with van der Waals surface area (Å²) in [5.41, 5.74) is -1.37. The largest absolute Gasteiger partial charge is 0.481 e. The van der Waals surface area contributed by atoms with Crippen molar-refractivity contribution in [3.05, 3.63) is 50.6 Å². The molecule has 0 aliphatic rings. The zero-order chi connectivity index (χ0) is 17.4. The summed E-state index contributed by atoms with van der Waals surface area (Å²) in [6, 6.07) is 4.53. The maximum Gasteiger partial charge on any atom is 0.433 e. The smallest absolute Gasteiger partial charge is 0.433 e. The molecule has 0 atom stereocenters. The van der Waals surface area contributed by atoms with Gasteiger partial charge in [-0.15, -0.1) is 0 Å². The van der Waals surface area contributed by atoms with Crippen molar-refractivity contribution in [2.24, 2.45) is 0 Å². The van der Waals surface area contributed by atoms with Crippen molar-refractivity contribution in [2.75, 3.05) is 0 Å². The standard InChI is InChI=1S/C14H7Cl3F3NO2/c15-7-4-8(13(17)9(16)5-7)10-1-6(3-12(22)23)2-11(21-10)14(18,19)20/h1-2,4-5H,3H2,(H,22,23). The van der Waals surface area contributed by atoms with E-state index in [1.54, 1.807) is 0 Å². The second-order valence-corrected chi connectivity index (χ2v) is 5.78. The van der Waals surface area contributed by atoms with Gasteiger partial charge in [0.25, 0.3) is 0 Å². The molecule has 0 radical (unpaired) electrons. The molecule has 0 unspecified atom stereocenters. The number of hydrogen-bond donors (Lipinski definition) is 1. The number of aromatic nitrogens is 1. The highest BCUT2D eigenvalue weighted by atomic mass is 35.5. The van der Waals surface area contributed by atoms with E-state index in [9.17, 15) is 18.0 Å². The molecule has 3 nitrogen and oxygen atoms in total. The van der Waals surface area contributed by atoms with Crippen LogP contribution in [0.1, 0.15) is 11.3 Å². The predicted octanol–water partition coefficient (Wildman–Crippen LogP) is 5.35. The summed E-state index contributed by atoms with van der Waals surface area (Å²) in [5, 5.41) is 8.98. The number of rotatable bonds is 3. The van der Waals surface area contributed by atoms with Gasteiger partial charge in [-0.25, -0.2) is 4.98 Å². The molecule has 0 amide bonds. The zero-order valence-electron chi connectivity index (χ0n) is 11.1. The molecule has 1 heterocycles. The van der Waals surface area contributed by atoms with Crippen molar-refractivity contribution >= 4 is 40.8 Å². The molecule has 0 saturated carbocycles. The summed E-state index contributed by atoms with van der Waals surface area (Å²) >= 11 is 17.7. The van der Waals surface area contributed by atoms with Crippen molar-refractivity contribution in [1.82, 2.24) is 4.98 Å². The molecule has 1 aromatic carbocycles. The number of benzene rings is 1. The van der Waals surface area contributed by atoms with Gasteiger partial charge in [0.1, 0.15) is 5.69 Å². The van der Waals surface area contributed by atoms with Crippen molar-refractivity contribution in [1.29, 1.82) is 0 Å². The van der Waals surface area contributed by atoms with Crippen LogP contribution in [0.4, 0.5) is 13.2 Å². The third kappa shape index (κ3) is 4.28. The lowest BCUT2D eigenvalue weighted by Gasteiger charge is -2.12. The lowest BCUT2D eigenvalue weighted by atomic mass is 10.1. The summed E-state index contributed by atoms with van der Waals surface area (Å²) in [5.74, 6) is -1.27. The highest BCUT2D eigenvalue weighted by Crippen LogP contribution is 2.37. The Kier molecular flexibility index (Phi) is 5.08. The van der Waals surface area contributed by atoms with Gasteiger partial charge in [-0.2, -0.15) is 13.2 Å². The highest BCUT2D eigenvalue weighted by Gasteiger charge is 2.33. The summed E-state index contributed by atoms with van der Waals surface area (Å²) in [7, 11) is 0. The van der Waals surface area contributed by atoms with Gasteiger partial charge in [-0.3, -0.25) is 4.79 Å². The van der Waals surface area contributed by atoms with E-state index >= 15 is 0 Å². The van der Waals surface area contributed by atoms with Crippen LogP contribution in [0.3, 0.4) is 0 Å². The third-order valence-corrected chi connectivity index (χ3v) is 3.82. The van der Waals surface area contributed by atoms with Crippen molar-refractivity contribution in [3.8, 4) is 11.3 Å². The van der Waals surface area contributed by atoms with Crippen LogP contribution in [0.15, 0.2) is 24.3 Å². The number of nitrogens with zero attached hydrogens (tertiary/aromatic N) is 1. The minimum absolute atomic E-state index is 0.0239. The fourth-order valence-electron chi connectivity index (χ4n) is 1.89. The van der Waals surface area contributed by atoms with E-state index in [-0.39, 0.29) is 31.9 Å². The molecule has 1 N–H and O–H groups in total. The maximum absolute atomic E-state index is 13.0. The normalized spacial score (nSPS) is 11.6. The second-order valence-electron chi connectivity index (χ2n) is 4.56. The minimum atomic E-state index is -4.74. The monoisotopic (exact) mass is 383 g/mol. The Morgan fingerprint density at radius 1 is 1.13 bits per heavy atom. The molecule has 1 aromatic heterocycles. The number of carboxylic acids is 1. The molecule has 122 valence electrons. The number of alkyl halides is 3. The number of pyridine rings is 1. The van der Waals surface area contributed by atoms with E-state index in [1.807, 2.05) is 0 Å². The Labute approximate surface area is 143 Å². The van der Waals surface area contributed by atoms with Crippen LogP contribution in [0.2, 0.25) is 15.1 Å². The van der Waals surface area contributed by atoms with Gasteiger partial charge in [0.05, 0.1) is 22.2 Å². The summed E-state index contributed by atoms with van der Waals surface area (Å²) in [6.07, 6.45) is -5.33. The van der Waals surface area contributed by atoms with E-state index in [0.29, 0.717) is 6.07 Å². The number of carbonyl (C=O) groups is 1. The summed E-state index contributed by atoms with van der Waals surface area (Å²) in [6.45, 7) is 0. The third-order valence-electron chi connectivity index (χ3n) is 2.80. The summed E-state index contributed by atoms with van der Waals surface area (Å²) < 4.78 is 38.9. The van der Waals surface area contributed by atoms with E-state index < -0.39 is 24.3 Å². The summed E-state index contributed by atoms with van der Waals surface area (Å²) in [4.78, 5) is 14.3. The van der Waals surface area contributed by atoms with Crippen LogP contribution < -0.4 is 0 Å². The van der Waals surface area contributed by atoms with Gasteiger partial charge in [0.15, 0.2) is 0 Å². The lowest BCUT2D eigenvalue weighted by Crippen LogP contribution is -2.11. The molecule has 23 heavy (non-hydrogen) atoms. The first-order chi connectivity index (χ1) is 10.6. The van der Waals surface area contributed by atoms with Gasteiger partial charge in [-0.05, 0) is 29.8 Å². The van der Waals surface area contributed by atoms with Crippen LogP contribution >= 0.6 is 34.8 Å². The van der Waals surface area contributed by atoms with Crippen LogP contribution in [0.5, 0.6) is 0 Å². The topological polar surface area (TPSA) is 50.2 Å². The molecule has 0 fully saturated rings. The molecule has 0 aliphatic heterocycles. The maximum atomic E-state index is 13.0. The number of halogens is 6. The lowest BCUT2D eigenvalue weighted by molar-refractivity contribution is -0.141. The van der Waals surface area contributed by atoms with E-state index in [4.69, 9.17) is 39.9 Å². The molecule has 9 heteroatoms. The molecule has 0 aliphatic carbocycles. The van der Waals surface area contributed by atoms with Gasteiger partial charge < -0.3 is 5.11 Å². The van der Waals surface area contributed by atoms with Gasteiger partial charge in [0, 0.05) is 10.6 Å². The first-order valence-corrected chi connectivity index (χ1v) is 7.16. The quantitative estimate of drug-likeness (QED) is 0.725. The van der Waals surface area contributed by atoms with Gasteiger partial charge in [0.2, 0.25) is 0 Å². The van der Waals surface area contributed by atoms with E-state index in [2.05, 4.69) is 4.98 Å². The van der Waals surface area contributed by atoms with Crippen LogP contribution in [-0.2, 0) is 17.4 Å². The molecule has 0 saturated heterocycles. The first kappa shape index (κ1) is 17.8. The van der Waals surface area contributed by atoms with E-state index in [0.717, 1.165) is 0 Å². The van der Waals surface area contributed by atoms with Crippen LogP contribution in [0, 0.1) is 0 Å². The van der Waals surface area contributed by atoms with Crippen LogP contribution in [0.25, 0.3) is 11.3 Å². The zero-order valence-corrected chi connectivity index (χ0v) is 13.4. The molecule has 2 rings (SSSR count). The van der Waals surface area contributed by atoms with Crippen molar-refractivity contribution < 1.29 is 23.1 Å². The van der Waals surface area contributed by atoms with Gasteiger partial charge >= 0.3 is 12.1 Å². The second kappa shape index (κ2) is 6.55. The number of aliphatic carboxylic acids is 1. The SMILES string of the molecule is O=C(O)Cc1cc(-c2cc(Cl)cc(Cl)c2Cl)nc(C(F)(F)F)c1. The van der Waals surface area contributed by atoms with E-state index in [1.165, 1.54) is 18.2 Å². The Morgan fingerprint density at radius 3 is 2.35 bits per heavy atom. The average molecular weight is 385 g/mol. The van der Waals surface area contributed by atoms with Crippen molar-refractivity contribution in [2.45, 2.75) is 12.6 Å². The fourth-order valence-corrected chi connectivity index (χ4v) is 2.59. The Morgan fingerprint density at radius 2 is 1.78 bits per heavy atom. The molecule has 0 spiro atoms. The number of hydrogen-bond acceptors (Lipinski definition) is 2. The Bertz CT molecular complexity index is 779. The average Bonchev–Trinajstić information content (AvgIpc) is 2.40. The molecular formula is C14H7Cl3F3NO2. The molecule has 0 bridgehead atoms. The predicted molar refractivity (Wildman–Crippen MR) is 81.0 cm³/mol. The Balaban J connectivity index is 2.69. The molecular weight excluding hydrogens is 378 g/mol.